The van der Waals surface area contributed by atoms with Crippen LogP contribution in [0.15, 0.2) is 12.1 Å². The molecule has 0 fully saturated rings. The summed E-state index contributed by atoms with van der Waals surface area (Å²) in [6.07, 6.45) is -0.326. The van der Waals surface area contributed by atoms with Gasteiger partial charge in [-0.15, -0.1) is 12.4 Å². The van der Waals surface area contributed by atoms with E-state index in [2.05, 4.69) is 10.1 Å². The molecule has 136 valence electrons. The van der Waals surface area contributed by atoms with Crippen molar-refractivity contribution in [3.05, 3.63) is 17.7 Å². The SMILES string of the molecule is COC(=O)c1cc(NC(=O)CC(CN)OC)c(OC)c(OC)c1.Cl. The van der Waals surface area contributed by atoms with E-state index in [4.69, 9.17) is 19.9 Å². The quantitative estimate of drug-likeness (QED) is 0.669. The predicted octanol–water partition coefficient (Wildman–Crippen LogP) is 1.21. The number of nitrogens with one attached hydrogen (secondary N) is 1. The molecule has 0 aliphatic heterocycles. The van der Waals surface area contributed by atoms with Crippen LogP contribution in [0.3, 0.4) is 0 Å². The lowest BCUT2D eigenvalue weighted by Crippen LogP contribution is -2.28. The van der Waals surface area contributed by atoms with Crippen LogP contribution in [-0.4, -0.2) is 53.0 Å². The van der Waals surface area contributed by atoms with E-state index in [0.29, 0.717) is 17.2 Å². The molecule has 9 heteroatoms. The molecule has 1 aromatic rings. The number of methoxy groups -OCH3 is 4. The third-order valence-electron chi connectivity index (χ3n) is 3.18. The Morgan fingerprint density at radius 3 is 2.29 bits per heavy atom. The van der Waals surface area contributed by atoms with Gasteiger partial charge in [-0.05, 0) is 12.1 Å². The second-order valence-electron chi connectivity index (χ2n) is 4.60. The first-order valence-electron chi connectivity index (χ1n) is 6.87. The fourth-order valence-electron chi connectivity index (χ4n) is 1.96. The number of hydrogen-bond acceptors (Lipinski definition) is 7. The maximum Gasteiger partial charge on any atom is 0.338 e. The molecule has 1 unspecified atom stereocenters. The van der Waals surface area contributed by atoms with Crippen molar-refractivity contribution in [3.8, 4) is 11.5 Å². The number of anilines is 1. The van der Waals surface area contributed by atoms with Gasteiger partial charge in [-0.3, -0.25) is 4.79 Å². The summed E-state index contributed by atoms with van der Waals surface area (Å²) in [6, 6.07) is 2.92. The van der Waals surface area contributed by atoms with Crippen molar-refractivity contribution in [1.29, 1.82) is 0 Å². The molecule has 8 nitrogen and oxygen atoms in total. The van der Waals surface area contributed by atoms with Gasteiger partial charge in [-0.25, -0.2) is 4.79 Å². The lowest BCUT2D eigenvalue weighted by Gasteiger charge is -2.17. The molecule has 1 amide bonds. The first-order valence-corrected chi connectivity index (χ1v) is 6.87. The summed E-state index contributed by atoms with van der Waals surface area (Å²) in [6.45, 7) is 0.215. The number of benzene rings is 1. The van der Waals surface area contributed by atoms with Crippen LogP contribution < -0.4 is 20.5 Å². The molecule has 24 heavy (non-hydrogen) atoms. The smallest absolute Gasteiger partial charge is 0.338 e. The second kappa shape index (κ2) is 10.7. The molecular weight excluding hydrogens is 340 g/mol. The minimum atomic E-state index is -0.557. The standard InChI is InChI=1S/C15H22N2O6.ClH/c1-20-10(8-16)7-13(18)17-11-5-9(15(19)23-4)6-12(21-2)14(11)22-3;/h5-6,10H,7-8,16H2,1-4H3,(H,17,18);1H. The number of rotatable bonds is 8. The Labute approximate surface area is 147 Å². The van der Waals surface area contributed by atoms with Gasteiger partial charge in [-0.2, -0.15) is 0 Å². The van der Waals surface area contributed by atoms with Crippen LogP contribution in [0.5, 0.6) is 11.5 Å². The monoisotopic (exact) mass is 362 g/mol. The van der Waals surface area contributed by atoms with E-state index in [0.717, 1.165) is 0 Å². The molecule has 0 aliphatic carbocycles. The zero-order valence-corrected chi connectivity index (χ0v) is 14.9. The van der Waals surface area contributed by atoms with E-state index in [-0.39, 0.29) is 36.8 Å². The van der Waals surface area contributed by atoms with Crippen molar-refractivity contribution in [2.24, 2.45) is 5.73 Å². The molecule has 0 radical (unpaired) electrons. The van der Waals surface area contributed by atoms with Crippen molar-refractivity contribution < 1.29 is 28.5 Å². The highest BCUT2D eigenvalue weighted by Gasteiger charge is 2.19. The number of hydrogen-bond donors (Lipinski definition) is 2. The van der Waals surface area contributed by atoms with Gasteiger partial charge < -0.3 is 30.0 Å². The first kappa shape index (κ1) is 22.0. The van der Waals surface area contributed by atoms with Crippen molar-refractivity contribution >= 4 is 30.0 Å². The Morgan fingerprint density at radius 1 is 1.17 bits per heavy atom. The van der Waals surface area contributed by atoms with Gasteiger partial charge in [0.15, 0.2) is 11.5 Å². The third kappa shape index (κ3) is 5.55. The number of amides is 1. The highest BCUT2D eigenvalue weighted by molar-refractivity contribution is 5.97. The number of nitrogens with two attached hydrogens (primary N) is 1. The van der Waals surface area contributed by atoms with Crippen molar-refractivity contribution in [2.75, 3.05) is 40.3 Å². The van der Waals surface area contributed by atoms with Crippen molar-refractivity contribution in [1.82, 2.24) is 0 Å². The minimum absolute atomic E-state index is 0. The highest BCUT2D eigenvalue weighted by atomic mass is 35.5. The molecule has 1 atom stereocenters. The average molecular weight is 363 g/mol. The van der Waals surface area contributed by atoms with Crippen LogP contribution in [0.2, 0.25) is 0 Å². The topological polar surface area (TPSA) is 109 Å². The van der Waals surface area contributed by atoms with Crippen LogP contribution in [0.25, 0.3) is 0 Å². The normalized spacial score (nSPS) is 11.0. The fourth-order valence-corrected chi connectivity index (χ4v) is 1.96. The summed E-state index contributed by atoms with van der Waals surface area (Å²) in [4.78, 5) is 23.8. The zero-order valence-electron chi connectivity index (χ0n) is 14.1. The van der Waals surface area contributed by atoms with Gasteiger partial charge >= 0.3 is 5.97 Å². The van der Waals surface area contributed by atoms with E-state index < -0.39 is 12.1 Å². The van der Waals surface area contributed by atoms with Gasteiger partial charge in [0.2, 0.25) is 5.91 Å². The van der Waals surface area contributed by atoms with Crippen LogP contribution >= 0.6 is 12.4 Å². The van der Waals surface area contributed by atoms with Crippen LogP contribution in [0.1, 0.15) is 16.8 Å². The molecule has 0 aliphatic rings. The Balaban J connectivity index is 0.00000529. The van der Waals surface area contributed by atoms with Gasteiger partial charge in [0.1, 0.15) is 0 Å². The van der Waals surface area contributed by atoms with Crippen molar-refractivity contribution in [2.45, 2.75) is 12.5 Å². The largest absolute Gasteiger partial charge is 0.493 e. The Bertz CT molecular complexity index is 563. The Kier molecular flexibility index (Phi) is 9.79. The maximum absolute atomic E-state index is 12.1. The first-order chi connectivity index (χ1) is 11.0. The van der Waals surface area contributed by atoms with E-state index in [1.54, 1.807) is 0 Å². The van der Waals surface area contributed by atoms with Gasteiger partial charge in [0, 0.05) is 13.7 Å². The minimum Gasteiger partial charge on any atom is -0.493 e. The molecule has 0 saturated heterocycles. The molecule has 0 heterocycles. The van der Waals surface area contributed by atoms with Crippen molar-refractivity contribution in [3.63, 3.8) is 0 Å². The predicted molar refractivity (Wildman–Crippen MR) is 91.2 cm³/mol. The summed E-state index contributed by atoms with van der Waals surface area (Å²) in [7, 11) is 5.61. The van der Waals surface area contributed by atoms with Crippen LogP contribution in [0.4, 0.5) is 5.69 Å². The second-order valence-corrected chi connectivity index (χ2v) is 4.60. The molecule has 0 bridgehead atoms. The van der Waals surface area contributed by atoms with E-state index in [1.165, 1.54) is 40.6 Å². The lowest BCUT2D eigenvalue weighted by atomic mass is 10.1. The van der Waals surface area contributed by atoms with Gasteiger partial charge in [0.05, 0.1) is 45.1 Å². The number of carbonyl (C=O) groups excluding carboxylic acids is 2. The number of halogens is 1. The summed E-state index contributed by atoms with van der Waals surface area (Å²) in [5.41, 5.74) is 6.02. The molecule has 0 spiro atoms. The average Bonchev–Trinajstić information content (AvgIpc) is 2.57. The number of esters is 1. The molecule has 1 rings (SSSR count). The summed E-state index contributed by atoms with van der Waals surface area (Å²) < 4.78 is 20.2. The maximum atomic E-state index is 12.1. The van der Waals surface area contributed by atoms with Crippen LogP contribution in [0, 0.1) is 0 Å². The molecule has 0 saturated carbocycles. The van der Waals surface area contributed by atoms with Gasteiger partial charge in [0.25, 0.3) is 0 Å². The number of carbonyl (C=O) groups is 2. The zero-order chi connectivity index (χ0) is 17.4. The van der Waals surface area contributed by atoms with Crippen LogP contribution in [-0.2, 0) is 14.3 Å². The summed E-state index contributed by atoms with van der Waals surface area (Å²) in [5.74, 6) is -0.286. The fraction of sp³-hybridized carbons (Fsp3) is 0.467. The summed E-state index contributed by atoms with van der Waals surface area (Å²) in [5, 5.41) is 2.67. The van der Waals surface area contributed by atoms with E-state index in [9.17, 15) is 9.59 Å². The highest BCUT2D eigenvalue weighted by Crippen LogP contribution is 2.37. The van der Waals surface area contributed by atoms with E-state index >= 15 is 0 Å². The van der Waals surface area contributed by atoms with Gasteiger partial charge in [-0.1, -0.05) is 0 Å². The number of ether oxygens (including phenoxy) is 4. The third-order valence-corrected chi connectivity index (χ3v) is 3.18. The lowest BCUT2D eigenvalue weighted by molar-refractivity contribution is -0.118. The molecule has 1 aromatic carbocycles. The Morgan fingerprint density at radius 2 is 1.83 bits per heavy atom. The van der Waals surface area contributed by atoms with E-state index in [1.807, 2.05) is 0 Å². The molecular formula is C15H23ClN2O6. The molecule has 3 N–H and O–H groups in total. The Hall–Kier alpha value is -2.03. The molecule has 0 aromatic heterocycles. The summed E-state index contributed by atoms with van der Waals surface area (Å²) >= 11 is 0.